The Labute approximate surface area is 49.6 Å². The fourth-order valence-corrected chi connectivity index (χ4v) is 0.544. The van der Waals surface area contributed by atoms with E-state index in [-0.39, 0.29) is 0 Å². The van der Waals surface area contributed by atoms with Crippen LogP contribution < -0.4 is 0 Å². The molecule has 0 atom stereocenters. The van der Waals surface area contributed by atoms with Gasteiger partial charge in [0.2, 0.25) is 0 Å². The Morgan fingerprint density at radius 2 is 2.12 bits per heavy atom. The van der Waals surface area contributed by atoms with Crippen molar-refractivity contribution in [2.75, 3.05) is 0 Å². The first kappa shape index (κ1) is 7.89. The molecular formula is C4H9O3P. The van der Waals surface area contributed by atoms with Crippen LogP contribution in [0.25, 0.3) is 0 Å². The maximum Gasteiger partial charge on any atom is 0.391 e. The molecule has 3 nitrogen and oxygen atoms in total. The normalized spacial score (nSPS) is 12.4. The van der Waals surface area contributed by atoms with Crippen LogP contribution in [0.4, 0.5) is 0 Å². The summed E-state index contributed by atoms with van der Waals surface area (Å²) < 4.78 is 4.44. The summed E-state index contributed by atoms with van der Waals surface area (Å²) in [5.41, 5.74) is 0. The van der Waals surface area contributed by atoms with Crippen LogP contribution in [-0.4, -0.2) is 9.79 Å². The van der Waals surface area contributed by atoms with Gasteiger partial charge < -0.3 is 14.3 Å². The Balaban J connectivity index is 3.39. The summed E-state index contributed by atoms with van der Waals surface area (Å²) in [5.74, 6) is 0.529. The minimum atomic E-state index is -2.21. The van der Waals surface area contributed by atoms with Gasteiger partial charge in [0.25, 0.3) is 0 Å². The van der Waals surface area contributed by atoms with E-state index in [1.165, 1.54) is 0 Å². The average molecular weight is 136 g/mol. The van der Waals surface area contributed by atoms with Crippen LogP contribution >= 0.6 is 8.60 Å². The molecule has 4 heteroatoms. The highest BCUT2D eigenvalue weighted by Gasteiger charge is 1.97. The molecule has 0 aromatic carbocycles. The molecular weight excluding hydrogens is 127 g/mol. The summed E-state index contributed by atoms with van der Waals surface area (Å²) in [7, 11) is -2.21. The van der Waals surface area contributed by atoms with Crippen LogP contribution in [0.1, 0.15) is 13.8 Å². The predicted octanol–water partition coefficient (Wildman–Crippen LogP) is 1.14. The summed E-state index contributed by atoms with van der Waals surface area (Å²) >= 11 is 0. The summed E-state index contributed by atoms with van der Waals surface area (Å²) in [4.78, 5) is 16.4. The highest BCUT2D eigenvalue weighted by molar-refractivity contribution is 7.39. The molecule has 0 unspecified atom stereocenters. The van der Waals surface area contributed by atoms with Crippen LogP contribution in [-0.2, 0) is 4.52 Å². The molecule has 0 radical (unpaired) electrons. The van der Waals surface area contributed by atoms with Crippen molar-refractivity contribution in [2.24, 2.45) is 0 Å². The average Bonchev–Trinajstić information content (AvgIpc) is 1.65. The molecule has 0 amide bonds. The smallest absolute Gasteiger partial charge is 0.391 e. The van der Waals surface area contributed by atoms with Crippen molar-refractivity contribution in [3.05, 3.63) is 11.8 Å². The topological polar surface area (TPSA) is 49.7 Å². The molecule has 0 aromatic heterocycles. The van der Waals surface area contributed by atoms with Gasteiger partial charge in [-0.05, 0) is 19.9 Å². The SMILES string of the molecule is CC=C(C)OP(O)O. The third-order valence-electron chi connectivity index (χ3n) is 0.632. The lowest BCUT2D eigenvalue weighted by molar-refractivity contribution is 0.319. The lowest BCUT2D eigenvalue weighted by atomic mass is 10.5. The van der Waals surface area contributed by atoms with Crippen molar-refractivity contribution in [1.29, 1.82) is 0 Å². The van der Waals surface area contributed by atoms with Crippen molar-refractivity contribution >= 4 is 8.60 Å². The van der Waals surface area contributed by atoms with Crippen LogP contribution in [0.5, 0.6) is 0 Å². The fourth-order valence-electron chi connectivity index (χ4n) is 0.181. The van der Waals surface area contributed by atoms with Crippen molar-refractivity contribution in [3.8, 4) is 0 Å². The molecule has 0 heterocycles. The standard InChI is InChI=1S/C4H9O3P/c1-3-4(2)7-8(5)6/h3,5-6H,1-2H3. The van der Waals surface area contributed by atoms with E-state index in [9.17, 15) is 0 Å². The van der Waals surface area contributed by atoms with E-state index < -0.39 is 8.60 Å². The number of hydrogen-bond donors (Lipinski definition) is 2. The molecule has 0 aromatic rings. The molecule has 0 bridgehead atoms. The summed E-state index contributed by atoms with van der Waals surface area (Å²) in [6.07, 6.45) is 1.65. The van der Waals surface area contributed by atoms with Gasteiger partial charge in [-0.1, -0.05) is 0 Å². The van der Waals surface area contributed by atoms with Gasteiger partial charge in [-0.3, -0.25) is 0 Å². The second-order valence-electron chi connectivity index (χ2n) is 1.24. The first-order chi connectivity index (χ1) is 3.66. The van der Waals surface area contributed by atoms with E-state index in [2.05, 4.69) is 4.52 Å². The van der Waals surface area contributed by atoms with Crippen LogP contribution in [0.3, 0.4) is 0 Å². The van der Waals surface area contributed by atoms with Crippen LogP contribution in [0, 0.1) is 0 Å². The number of rotatable bonds is 2. The third-order valence-corrected chi connectivity index (χ3v) is 1.08. The van der Waals surface area contributed by atoms with E-state index in [0.717, 1.165) is 0 Å². The minimum absolute atomic E-state index is 0.529. The lowest BCUT2D eigenvalue weighted by Gasteiger charge is -2.02. The van der Waals surface area contributed by atoms with Crippen molar-refractivity contribution < 1.29 is 14.3 Å². The highest BCUT2D eigenvalue weighted by atomic mass is 31.2. The van der Waals surface area contributed by atoms with E-state index >= 15 is 0 Å². The summed E-state index contributed by atoms with van der Waals surface area (Å²) in [6, 6.07) is 0. The van der Waals surface area contributed by atoms with E-state index in [1.54, 1.807) is 19.9 Å². The maximum atomic E-state index is 8.21. The Bertz CT molecular complexity index is 89.3. The van der Waals surface area contributed by atoms with E-state index in [0.29, 0.717) is 5.76 Å². The Morgan fingerprint density at radius 3 is 2.25 bits per heavy atom. The van der Waals surface area contributed by atoms with Gasteiger partial charge >= 0.3 is 8.60 Å². The van der Waals surface area contributed by atoms with Crippen LogP contribution in [0.2, 0.25) is 0 Å². The second-order valence-corrected chi connectivity index (χ2v) is 1.93. The molecule has 0 aliphatic carbocycles. The van der Waals surface area contributed by atoms with E-state index in [1.807, 2.05) is 0 Å². The number of allylic oxidation sites excluding steroid dienone is 2. The zero-order valence-electron chi connectivity index (χ0n) is 4.83. The lowest BCUT2D eigenvalue weighted by Crippen LogP contribution is -1.78. The zero-order chi connectivity index (χ0) is 6.57. The maximum absolute atomic E-state index is 8.21. The van der Waals surface area contributed by atoms with Crippen molar-refractivity contribution in [2.45, 2.75) is 13.8 Å². The van der Waals surface area contributed by atoms with Gasteiger partial charge in [0, 0.05) is 0 Å². The van der Waals surface area contributed by atoms with Crippen molar-refractivity contribution in [1.82, 2.24) is 0 Å². The Kier molecular flexibility index (Phi) is 3.79. The summed E-state index contributed by atoms with van der Waals surface area (Å²) in [5, 5.41) is 0. The zero-order valence-corrected chi connectivity index (χ0v) is 5.72. The van der Waals surface area contributed by atoms with Gasteiger partial charge in [-0.2, -0.15) is 0 Å². The Morgan fingerprint density at radius 1 is 1.62 bits per heavy atom. The first-order valence-electron chi connectivity index (χ1n) is 2.15. The van der Waals surface area contributed by atoms with Crippen molar-refractivity contribution in [3.63, 3.8) is 0 Å². The quantitative estimate of drug-likeness (QED) is 0.442. The second kappa shape index (κ2) is 3.84. The molecule has 0 spiro atoms. The molecule has 48 valence electrons. The van der Waals surface area contributed by atoms with Gasteiger partial charge in [0.15, 0.2) is 0 Å². The van der Waals surface area contributed by atoms with E-state index in [4.69, 9.17) is 9.79 Å². The molecule has 8 heavy (non-hydrogen) atoms. The first-order valence-corrected chi connectivity index (χ1v) is 3.32. The summed E-state index contributed by atoms with van der Waals surface area (Å²) in [6.45, 7) is 3.41. The predicted molar refractivity (Wildman–Crippen MR) is 31.9 cm³/mol. The monoisotopic (exact) mass is 136 g/mol. The third kappa shape index (κ3) is 4.06. The minimum Gasteiger partial charge on any atom is -0.432 e. The van der Waals surface area contributed by atoms with Crippen LogP contribution in [0.15, 0.2) is 11.8 Å². The number of hydrogen-bond acceptors (Lipinski definition) is 3. The van der Waals surface area contributed by atoms with Gasteiger partial charge in [0.1, 0.15) is 0 Å². The molecule has 0 rings (SSSR count). The molecule has 0 fully saturated rings. The fraction of sp³-hybridized carbons (Fsp3) is 0.500. The molecule has 0 aliphatic heterocycles. The largest absolute Gasteiger partial charge is 0.432 e. The molecule has 0 aliphatic rings. The molecule has 0 saturated heterocycles. The van der Waals surface area contributed by atoms with Gasteiger partial charge in [0.05, 0.1) is 5.76 Å². The molecule has 2 N–H and O–H groups in total. The van der Waals surface area contributed by atoms with Gasteiger partial charge in [-0.25, -0.2) is 0 Å². The Hall–Kier alpha value is -0.110. The highest BCUT2D eigenvalue weighted by Crippen LogP contribution is 2.27. The van der Waals surface area contributed by atoms with Gasteiger partial charge in [-0.15, -0.1) is 0 Å². The molecule has 0 saturated carbocycles.